The van der Waals surface area contributed by atoms with Crippen molar-refractivity contribution in [2.24, 2.45) is 0 Å². The lowest BCUT2D eigenvalue weighted by Crippen LogP contribution is -2.04. The number of aromatic carboxylic acids is 1. The van der Waals surface area contributed by atoms with Gasteiger partial charge in [0, 0.05) is 6.20 Å². The van der Waals surface area contributed by atoms with Crippen molar-refractivity contribution in [2.45, 2.75) is 6.92 Å². The van der Waals surface area contributed by atoms with E-state index < -0.39 is 5.97 Å². The Morgan fingerprint density at radius 1 is 1.71 bits per heavy atom. The lowest BCUT2D eigenvalue weighted by Gasteiger charge is -2.04. The minimum Gasteiger partial charge on any atom is -0.477 e. The Hall–Kier alpha value is -1.84. The maximum absolute atomic E-state index is 10.7. The molecule has 1 heterocycles. The van der Waals surface area contributed by atoms with E-state index in [0.717, 1.165) is 0 Å². The zero-order valence-corrected chi connectivity index (χ0v) is 7.80. The quantitative estimate of drug-likeness (QED) is 0.740. The zero-order chi connectivity index (χ0) is 10.4. The number of carboxylic acid groups (broad SMARTS) is 1. The van der Waals surface area contributed by atoms with Crippen LogP contribution < -0.4 is 4.74 Å². The van der Waals surface area contributed by atoms with Crippen LogP contribution in [0.2, 0.25) is 0 Å². The first-order valence-corrected chi connectivity index (χ1v) is 4.18. The number of carbonyl (C=O) groups is 1. The molecule has 1 aromatic heterocycles. The van der Waals surface area contributed by atoms with Gasteiger partial charge in [-0.15, -0.1) is 0 Å². The van der Waals surface area contributed by atoms with Crippen molar-refractivity contribution in [1.82, 2.24) is 4.98 Å². The number of rotatable bonds is 4. The van der Waals surface area contributed by atoms with Crippen molar-refractivity contribution in [3.05, 3.63) is 36.0 Å². The van der Waals surface area contributed by atoms with Crippen molar-refractivity contribution in [3.8, 4) is 5.88 Å². The van der Waals surface area contributed by atoms with Crippen LogP contribution in [0.15, 0.2) is 30.5 Å². The highest BCUT2D eigenvalue weighted by Gasteiger charge is 2.10. The van der Waals surface area contributed by atoms with Crippen LogP contribution in [-0.2, 0) is 0 Å². The summed E-state index contributed by atoms with van der Waals surface area (Å²) >= 11 is 0. The molecule has 0 aliphatic heterocycles. The van der Waals surface area contributed by atoms with E-state index >= 15 is 0 Å². The molecule has 0 aliphatic rings. The molecular formula is C10H11NO3. The molecule has 0 atom stereocenters. The minimum atomic E-state index is -1.03. The van der Waals surface area contributed by atoms with Gasteiger partial charge < -0.3 is 9.84 Å². The molecule has 0 saturated heterocycles. The smallest absolute Gasteiger partial charge is 0.341 e. The van der Waals surface area contributed by atoms with Gasteiger partial charge in [0.25, 0.3) is 0 Å². The summed E-state index contributed by atoms with van der Waals surface area (Å²) in [6, 6.07) is 3.02. The van der Waals surface area contributed by atoms with E-state index in [0.29, 0.717) is 6.61 Å². The topological polar surface area (TPSA) is 59.4 Å². The van der Waals surface area contributed by atoms with Gasteiger partial charge in [0.2, 0.25) is 5.88 Å². The third-order valence-corrected chi connectivity index (χ3v) is 1.55. The summed E-state index contributed by atoms with van der Waals surface area (Å²) in [5.41, 5.74) is 0.0806. The molecule has 0 aromatic carbocycles. The second-order valence-corrected chi connectivity index (χ2v) is 2.54. The Bertz CT molecular complexity index is 347. The van der Waals surface area contributed by atoms with Gasteiger partial charge in [-0.1, -0.05) is 12.2 Å². The van der Waals surface area contributed by atoms with E-state index in [2.05, 4.69) is 4.98 Å². The second kappa shape index (κ2) is 5.01. The standard InChI is InChI=1S/C10H11NO3/c1-2-3-7-14-9-8(10(12)13)5-4-6-11-9/h2-6H,7H2,1H3,(H,12,13). The number of carboxylic acids is 1. The van der Waals surface area contributed by atoms with Crippen molar-refractivity contribution in [2.75, 3.05) is 6.61 Å². The average Bonchev–Trinajstić information content (AvgIpc) is 2.19. The molecular weight excluding hydrogens is 182 g/mol. The number of hydrogen-bond acceptors (Lipinski definition) is 3. The number of allylic oxidation sites excluding steroid dienone is 1. The lowest BCUT2D eigenvalue weighted by atomic mass is 10.3. The monoisotopic (exact) mass is 193 g/mol. The molecule has 1 aromatic rings. The molecule has 4 nitrogen and oxygen atoms in total. The summed E-state index contributed by atoms with van der Waals surface area (Å²) in [7, 11) is 0. The van der Waals surface area contributed by atoms with E-state index in [1.165, 1.54) is 12.3 Å². The first-order chi connectivity index (χ1) is 6.75. The maximum atomic E-state index is 10.7. The molecule has 0 amide bonds. The highest BCUT2D eigenvalue weighted by atomic mass is 16.5. The first kappa shape index (κ1) is 10.2. The van der Waals surface area contributed by atoms with Gasteiger partial charge in [0.05, 0.1) is 0 Å². The molecule has 0 aliphatic carbocycles. The van der Waals surface area contributed by atoms with Gasteiger partial charge in [-0.2, -0.15) is 0 Å². The number of ether oxygens (including phenoxy) is 1. The van der Waals surface area contributed by atoms with E-state index in [-0.39, 0.29) is 11.4 Å². The summed E-state index contributed by atoms with van der Waals surface area (Å²) < 4.78 is 5.16. The Kier molecular flexibility index (Phi) is 3.67. The molecule has 0 bridgehead atoms. The van der Waals surface area contributed by atoms with Gasteiger partial charge in [-0.25, -0.2) is 9.78 Å². The molecule has 14 heavy (non-hydrogen) atoms. The predicted molar refractivity (Wildman–Crippen MR) is 51.5 cm³/mol. The van der Waals surface area contributed by atoms with E-state index in [1.807, 2.05) is 13.0 Å². The maximum Gasteiger partial charge on any atom is 0.341 e. The summed E-state index contributed by atoms with van der Waals surface area (Å²) in [5, 5.41) is 8.78. The highest BCUT2D eigenvalue weighted by molar-refractivity contribution is 5.90. The second-order valence-electron chi connectivity index (χ2n) is 2.54. The molecule has 4 heteroatoms. The van der Waals surface area contributed by atoms with Gasteiger partial charge in [0.1, 0.15) is 12.2 Å². The number of pyridine rings is 1. The van der Waals surface area contributed by atoms with E-state index in [4.69, 9.17) is 9.84 Å². The van der Waals surface area contributed by atoms with Crippen LogP contribution >= 0.6 is 0 Å². The van der Waals surface area contributed by atoms with E-state index in [9.17, 15) is 4.79 Å². The van der Waals surface area contributed by atoms with Crippen LogP contribution in [-0.4, -0.2) is 22.7 Å². The molecule has 0 fully saturated rings. The number of nitrogens with zero attached hydrogens (tertiary/aromatic N) is 1. The predicted octanol–water partition coefficient (Wildman–Crippen LogP) is 1.73. The molecule has 1 N–H and O–H groups in total. The fraction of sp³-hybridized carbons (Fsp3) is 0.200. The minimum absolute atomic E-state index is 0.0806. The first-order valence-electron chi connectivity index (χ1n) is 4.18. The third-order valence-electron chi connectivity index (χ3n) is 1.55. The zero-order valence-electron chi connectivity index (χ0n) is 7.80. The Balaban J connectivity index is 2.79. The van der Waals surface area contributed by atoms with Crippen LogP contribution in [0.1, 0.15) is 17.3 Å². The van der Waals surface area contributed by atoms with Crippen LogP contribution in [0.4, 0.5) is 0 Å². The van der Waals surface area contributed by atoms with Crippen molar-refractivity contribution in [3.63, 3.8) is 0 Å². The highest BCUT2D eigenvalue weighted by Crippen LogP contribution is 2.13. The average molecular weight is 193 g/mol. The van der Waals surface area contributed by atoms with Crippen LogP contribution in [0, 0.1) is 0 Å². The Labute approximate surface area is 81.9 Å². The SMILES string of the molecule is CC=CCOc1ncccc1C(=O)O. The van der Waals surface area contributed by atoms with E-state index in [1.54, 1.807) is 12.1 Å². The Morgan fingerprint density at radius 2 is 2.50 bits per heavy atom. The van der Waals surface area contributed by atoms with Crippen LogP contribution in [0.25, 0.3) is 0 Å². The normalized spacial score (nSPS) is 10.4. The lowest BCUT2D eigenvalue weighted by molar-refractivity contribution is 0.0692. The van der Waals surface area contributed by atoms with Gasteiger partial charge in [-0.05, 0) is 19.1 Å². The van der Waals surface area contributed by atoms with Gasteiger partial charge in [-0.3, -0.25) is 0 Å². The fourth-order valence-electron chi connectivity index (χ4n) is 0.892. The molecule has 0 saturated carbocycles. The molecule has 0 radical (unpaired) electrons. The largest absolute Gasteiger partial charge is 0.477 e. The molecule has 74 valence electrons. The third kappa shape index (κ3) is 2.58. The van der Waals surface area contributed by atoms with Crippen molar-refractivity contribution >= 4 is 5.97 Å². The Morgan fingerprint density at radius 3 is 3.14 bits per heavy atom. The summed E-state index contributed by atoms with van der Waals surface area (Å²) in [6.07, 6.45) is 5.10. The fourth-order valence-corrected chi connectivity index (χ4v) is 0.892. The van der Waals surface area contributed by atoms with Gasteiger partial charge in [0.15, 0.2) is 0 Å². The van der Waals surface area contributed by atoms with Gasteiger partial charge >= 0.3 is 5.97 Å². The summed E-state index contributed by atoms with van der Waals surface area (Å²) in [6.45, 7) is 2.19. The molecule has 0 spiro atoms. The molecule has 1 rings (SSSR count). The van der Waals surface area contributed by atoms with Crippen LogP contribution in [0.3, 0.4) is 0 Å². The van der Waals surface area contributed by atoms with Crippen LogP contribution in [0.5, 0.6) is 5.88 Å². The number of aromatic nitrogens is 1. The molecule has 0 unspecified atom stereocenters. The van der Waals surface area contributed by atoms with Crippen molar-refractivity contribution < 1.29 is 14.6 Å². The summed E-state index contributed by atoms with van der Waals surface area (Å²) in [4.78, 5) is 14.6. The summed E-state index contributed by atoms with van der Waals surface area (Å²) in [5.74, 6) is -0.883. The van der Waals surface area contributed by atoms with Crippen molar-refractivity contribution in [1.29, 1.82) is 0 Å². The number of hydrogen-bond donors (Lipinski definition) is 1.